The Hall–Kier alpha value is -1.61. The zero-order chi connectivity index (χ0) is 12.4. The number of hydrogen-bond donors (Lipinski definition) is 1. The Labute approximate surface area is 100 Å². The van der Waals surface area contributed by atoms with Crippen LogP contribution in [-0.4, -0.2) is 7.05 Å². The lowest BCUT2D eigenvalue weighted by molar-refractivity contribution is 0.458. The predicted molar refractivity (Wildman–Crippen MR) is 65.5 cm³/mol. The van der Waals surface area contributed by atoms with Crippen LogP contribution in [0.1, 0.15) is 28.5 Å². The van der Waals surface area contributed by atoms with Crippen LogP contribution in [-0.2, 0) is 0 Å². The van der Waals surface area contributed by atoms with Crippen molar-refractivity contribution in [1.82, 2.24) is 5.32 Å². The van der Waals surface area contributed by atoms with Crippen LogP contribution in [0.15, 0.2) is 34.9 Å². The van der Waals surface area contributed by atoms with Gasteiger partial charge in [-0.15, -0.1) is 0 Å². The van der Waals surface area contributed by atoms with Gasteiger partial charge in [-0.25, -0.2) is 4.39 Å². The van der Waals surface area contributed by atoms with Crippen LogP contribution in [0.25, 0.3) is 0 Å². The molecule has 1 atom stereocenters. The van der Waals surface area contributed by atoms with Gasteiger partial charge in [0, 0.05) is 0 Å². The van der Waals surface area contributed by atoms with Gasteiger partial charge in [-0.3, -0.25) is 0 Å². The van der Waals surface area contributed by atoms with Crippen molar-refractivity contribution in [2.24, 2.45) is 0 Å². The molecule has 17 heavy (non-hydrogen) atoms. The van der Waals surface area contributed by atoms with Crippen molar-refractivity contribution in [3.8, 4) is 0 Å². The van der Waals surface area contributed by atoms with E-state index in [0.717, 1.165) is 22.5 Å². The lowest BCUT2D eigenvalue weighted by Crippen LogP contribution is -2.19. The summed E-state index contributed by atoms with van der Waals surface area (Å²) in [4.78, 5) is 0. The van der Waals surface area contributed by atoms with E-state index >= 15 is 0 Å². The largest absolute Gasteiger partial charge is 0.467 e. The average Bonchev–Trinajstić information content (AvgIpc) is 2.71. The molecule has 0 fully saturated rings. The number of hydrogen-bond acceptors (Lipinski definition) is 2. The number of halogens is 1. The quantitative estimate of drug-likeness (QED) is 0.879. The summed E-state index contributed by atoms with van der Waals surface area (Å²) < 4.78 is 18.8. The molecule has 0 aliphatic rings. The molecule has 90 valence electrons. The Morgan fingerprint density at radius 3 is 2.53 bits per heavy atom. The Bertz CT molecular complexity index is 519. The van der Waals surface area contributed by atoms with Crippen LogP contribution in [0.2, 0.25) is 0 Å². The standard InChI is InChI=1S/C14H16FNO/c1-9-4-5-11(15)8-12(9)13(16-3)14-10(2)6-7-17-14/h4-8,13,16H,1-3H3. The second-order valence-corrected chi connectivity index (χ2v) is 4.19. The van der Waals surface area contributed by atoms with Crippen molar-refractivity contribution in [1.29, 1.82) is 0 Å². The van der Waals surface area contributed by atoms with E-state index in [9.17, 15) is 4.39 Å². The van der Waals surface area contributed by atoms with Crippen LogP contribution < -0.4 is 5.32 Å². The first-order valence-corrected chi connectivity index (χ1v) is 5.60. The third-order valence-electron chi connectivity index (χ3n) is 3.00. The number of nitrogens with one attached hydrogen (secondary N) is 1. The molecular weight excluding hydrogens is 217 g/mol. The van der Waals surface area contributed by atoms with Gasteiger partial charge in [-0.05, 0) is 55.8 Å². The van der Waals surface area contributed by atoms with Gasteiger partial charge in [0.2, 0.25) is 0 Å². The Balaban J connectivity index is 2.49. The van der Waals surface area contributed by atoms with E-state index in [1.807, 2.05) is 27.0 Å². The maximum atomic E-state index is 13.3. The van der Waals surface area contributed by atoms with Gasteiger partial charge in [0.1, 0.15) is 11.6 Å². The fourth-order valence-corrected chi connectivity index (χ4v) is 2.03. The molecule has 1 heterocycles. The average molecular weight is 233 g/mol. The monoisotopic (exact) mass is 233 g/mol. The summed E-state index contributed by atoms with van der Waals surface area (Å²) in [5, 5.41) is 3.17. The zero-order valence-corrected chi connectivity index (χ0v) is 10.3. The fourth-order valence-electron chi connectivity index (χ4n) is 2.03. The fraction of sp³-hybridized carbons (Fsp3) is 0.286. The molecule has 0 saturated heterocycles. The second kappa shape index (κ2) is 4.72. The summed E-state index contributed by atoms with van der Waals surface area (Å²) in [6.45, 7) is 3.95. The van der Waals surface area contributed by atoms with Crippen molar-refractivity contribution in [2.45, 2.75) is 19.9 Å². The lowest BCUT2D eigenvalue weighted by Gasteiger charge is -2.17. The first-order chi connectivity index (χ1) is 8.13. The summed E-state index contributed by atoms with van der Waals surface area (Å²) in [6.07, 6.45) is 1.66. The van der Waals surface area contributed by atoms with Crippen LogP contribution in [0, 0.1) is 19.7 Å². The summed E-state index contributed by atoms with van der Waals surface area (Å²) in [5.74, 6) is 0.608. The Morgan fingerprint density at radius 2 is 1.94 bits per heavy atom. The second-order valence-electron chi connectivity index (χ2n) is 4.19. The van der Waals surface area contributed by atoms with Crippen LogP contribution in [0.4, 0.5) is 4.39 Å². The van der Waals surface area contributed by atoms with Gasteiger partial charge in [-0.2, -0.15) is 0 Å². The van der Waals surface area contributed by atoms with Crippen molar-refractivity contribution >= 4 is 0 Å². The first-order valence-electron chi connectivity index (χ1n) is 5.60. The maximum absolute atomic E-state index is 13.3. The summed E-state index contributed by atoms with van der Waals surface area (Å²) in [7, 11) is 1.84. The molecule has 0 amide bonds. The van der Waals surface area contributed by atoms with E-state index in [4.69, 9.17) is 4.42 Å². The highest BCUT2D eigenvalue weighted by atomic mass is 19.1. The Morgan fingerprint density at radius 1 is 1.18 bits per heavy atom. The third kappa shape index (κ3) is 2.24. The molecule has 1 N–H and O–H groups in total. The highest BCUT2D eigenvalue weighted by Crippen LogP contribution is 2.28. The molecule has 1 unspecified atom stereocenters. The molecule has 0 aliphatic carbocycles. The van der Waals surface area contributed by atoms with Gasteiger partial charge < -0.3 is 9.73 Å². The van der Waals surface area contributed by atoms with E-state index < -0.39 is 0 Å². The zero-order valence-electron chi connectivity index (χ0n) is 10.3. The number of aryl methyl sites for hydroxylation is 2. The molecule has 2 nitrogen and oxygen atoms in total. The predicted octanol–water partition coefficient (Wildman–Crippen LogP) is 3.34. The van der Waals surface area contributed by atoms with E-state index in [-0.39, 0.29) is 11.9 Å². The number of furan rings is 1. The van der Waals surface area contributed by atoms with Crippen molar-refractivity contribution in [3.63, 3.8) is 0 Å². The molecule has 2 rings (SSSR count). The van der Waals surface area contributed by atoms with Crippen LogP contribution in [0.5, 0.6) is 0 Å². The Kier molecular flexibility index (Phi) is 3.29. The molecule has 0 aliphatic heterocycles. The smallest absolute Gasteiger partial charge is 0.128 e. The van der Waals surface area contributed by atoms with E-state index in [0.29, 0.717) is 0 Å². The molecule has 1 aromatic carbocycles. The van der Waals surface area contributed by atoms with Gasteiger partial charge in [0.15, 0.2) is 0 Å². The summed E-state index contributed by atoms with van der Waals surface area (Å²) in [5.41, 5.74) is 3.01. The topological polar surface area (TPSA) is 25.2 Å². The lowest BCUT2D eigenvalue weighted by atomic mass is 9.97. The highest BCUT2D eigenvalue weighted by molar-refractivity contribution is 5.36. The van der Waals surface area contributed by atoms with Gasteiger partial charge in [0.25, 0.3) is 0 Å². The minimum absolute atomic E-state index is 0.110. The van der Waals surface area contributed by atoms with Crippen molar-refractivity contribution in [3.05, 3.63) is 58.8 Å². The summed E-state index contributed by atoms with van der Waals surface area (Å²) in [6, 6.07) is 6.61. The van der Waals surface area contributed by atoms with E-state index in [2.05, 4.69) is 5.32 Å². The molecule has 3 heteroatoms. The minimum atomic E-state index is -0.227. The SMILES string of the molecule is CNC(c1cc(F)ccc1C)c1occc1C. The third-order valence-corrected chi connectivity index (χ3v) is 3.00. The van der Waals surface area contributed by atoms with E-state index in [1.165, 1.54) is 6.07 Å². The molecule has 0 radical (unpaired) electrons. The molecule has 0 saturated carbocycles. The maximum Gasteiger partial charge on any atom is 0.128 e. The molecule has 1 aromatic heterocycles. The van der Waals surface area contributed by atoms with Crippen molar-refractivity contribution in [2.75, 3.05) is 7.05 Å². The van der Waals surface area contributed by atoms with Crippen LogP contribution >= 0.6 is 0 Å². The number of rotatable bonds is 3. The van der Waals surface area contributed by atoms with Gasteiger partial charge in [-0.1, -0.05) is 6.07 Å². The van der Waals surface area contributed by atoms with Gasteiger partial charge in [0.05, 0.1) is 12.3 Å². The highest BCUT2D eigenvalue weighted by Gasteiger charge is 2.19. The molecule has 2 aromatic rings. The molecule has 0 spiro atoms. The molecule has 0 bridgehead atoms. The number of benzene rings is 1. The minimum Gasteiger partial charge on any atom is -0.467 e. The van der Waals surface area contributed by atoms with Crippen molar-refractivity contribution < 1.29 is 8.81 Å². The summed E-state index contributed by atoms with van der Waals surface area (Å²) >= 11 is 0. The van der Waals surface area contributed by atoms with E-state index in [1.54, 1.807) is 18.4 Å². The molecular formula is C14H16FNO. The van der Waals surface area contributed by atoms with Crippen LogP contribution in [0.3, 0.4) is 0 Å². The van der Waals surface area contributed by atoms with Gasteiger partial charge >= 0.3 is 0 Å². The normalized spacial score (nSPS) is 12.7. The first kappa shape index (κ1) is 11.9.